The summed E-state index contributed by atoms with van der Waals surface area (Å²) in [6.07, 6.45) is 0. The summed E-state index contributed by atoms with van der Waals surface area (Å²) in [4.78, 5) is 5.05. The summed E-state index contributed by atoms with van der Waals surface area (Å²) in [5.41, 5.74) is 2.10. The van der Waals surface area contributed by atoms with Gasteiger partial charge in [-0.25, -0.2) is 4.98 Å². The van der Waals surface area contributed by atoms with Crippen molar-refractivity contribution in [1.82, 2.24) is 4.98 Å². The van der Waals surface area contributed by atoms with Crippen molar-refractivity contribution in [3.63, 3.8) is 0 Å². The monoisotopic (exact) mass is 309 g/mol. The zero-order valence-electron chi connectivity index (χ0n) is 13.3. The smallest absolute Gasteiger partial charge is 0.119 e. The van der Waals surface area contributed by atoms with Crippen molar-refractivity contribution in [3.05, 3.63) is 72.8 Å². The molecule has 24 heavy (non-hydrogen) atoms. The van der Waals surface area contributed by atoms with Crippen LogP contribution in [0.4, 0.5) is 0 Å². The summed E-state index contributed by atoms with van der Waals surface area (Å²) in [6, 6.07) is 25.4. The molecule has 0 amide bonds. The lowest BCUT2D eigenvalue weighted by molar-refractivity contribution is 0.415. The number of hydrogen-bond acceptors (Lipinski definition) is 2. The second-order valence-corrected chi connectivity index (χ2v) is 6.07. The van der Waals surface area contributed by atoms with Crippen molar-refractivity contribution >= 4 is 43.4 Å². The highest BCUT2D eigenvalue weighted by Crippen LogP contribution is 2.31. The average Bonchev–Trinajstić information content (AvgIpc) is 2.65. The Balaban J connectivity index is 1.96. The third kappa shape index (κ3) is 1.86. The number of ether oxygens (including phenoxy) is 1. The van der Waals surface area contributed by atoms with Gasteiger partial charge in [0.2, 0.25) is 0 Å². The first-order valence-electron chi connectivity index (χ1n) is 8.02. The van der Waals surface area contributed by atoms with Gasteiger partial charge in [-0.05, 0) is 35.0 Å². The highest BCUT2D eigenvalue weighted by molar-refractivity contribution is 6.13. The van der Waals surface area contributed by atoms with Crippen LogP contribution < -0.4 is 4.74 Å². The van der Waals surface area contributed by atoms with E-state index in [1.165, 1.54) is 16.2 Å². The van der Waals surface area contributed by atoms with E-state index < -0.39 is 0 Å². The van der Waals surface area contributed by atoms with E-state index in [-0.39, 0.29) is 0 Å². The van der Waals surface area contributed by atoms with Crippen LogP contribution in [0.5, 0.6) is 5.75 Å². The lowest BCUT2D eigenvalue weighted by Gasteiger charge is -2.09. The molecular weight excluding hydrogens is 294 g/mol. The molecule has 0 aliphatic carbocycles. The van der Waals surface area contributed by atoms with Crippen LogP contribution in [0, 0.1) is 0 Å². The van der Waals surface area contributed by atoms with E-state index in [2.05, 4.69) is 66.7 Å². The Morgan fingerprint density at radius 1 is 0.625 bits per heavy atom. The molecule has 0 aliphatic heterocycles. The molecule has 1 aromatic heterocycles. The summed E-state index contributed by atoms with van der Waals surface area (Å²) in [7, 11) is 1.69. The minimum absolute atomic E-state index is 0.869. The summed E-state index contributed by atoms with van der Waals surface area (Å²) in [6.45, 7) is 0. The molecule has 0 atom stereocenters. The third-order valence-electron chi connectivity index (χ3n) is 4.70. The molecule has 0 unspecified atom stereocenters. The van der Waals surface area contributed by atoms with Crippen LogP contribution in [0.25, 0.3) is 43.4 Å². The van der Waals surface area contributed by atoms with Crippen molar-refractivity contribution in [2.24, 2.45) is 0 Å². The number of benzene rings is 4. The number of fused-ring (bicyclic) bond motifs is 6. The fraction of sp³-hybridized carbons (Fsp3) is 0.0455. The molecule has 0 aliphatic rings. The van der Waals surface area contributed by atoms with Gasteiger partial charge in [0.25, 0.3) is 0 Å². The third-order valence-corrected chi connectivity index (χ3v) is 4.70. The molecule has 5 aromatic rings. The Hall–Kier alpha value is -3.13. The molecular formula is C22H15NO. The molecule has 0 radical (unpaired) electrons. The minimum Gasteiger partial charge on any atom is -0.497 e. The maximum absolute atomic E-state index is 5.34. The number of rotatable bonds is 1. The predicted octanol–water partition coefficient (Wildman–Crippen LogP) is 5.70. The number of hydrogen-bond donors (Lipinski definition) is 0. The van der Waals surface area contributed by atoms with Crippen molar-refractivity contribution in [2.45, 2.75) is 0 Å². The molecule has 0 fully saturated rings. The molecule has 2 heteroatoms. The van der Waals surface area contributed by atoms with Gasteiger partial charge in [-0.3, -0.25) is 0 Å². The predicted molar refractivity (Wildman–Crippen MR) is 101 cm³/mol. The van der Waals surface area contributed by atoms with Crippen LogP contribution in [0.1, 0.15) is 0 Å². The molecule has 4 aromatic carbocycles. The van der Waals surface area contributed by atoms with Gasteiger partial charge in [0.05, 0.1) is 18.1 Å². The van der Waals surface area contributed by atoms with E-state index in [1.54, 1.807) is 7.11 Å². The van der Waals surface area contributed by atoms with Crippen molar-refractivity contribution in [3.8, 4) is 5.75 Å². The van der Waals surface area contributed by atoms with E-state index >= 15 is 0 Å². The summed E-state index contributed by atoms with van der Waals surface area (Å²) in [5.74, 6) is 0.869. The molecule has 0 bridgehead atoms. The molecule has 5 rings (SSSR count). The minimum atomic E-state index is 0.869. The largest absolute Gasteiger partial charge is 0.497 e. The fourth-order valence-corrected chi connectivity index (χ4v) is 3.47. The lowest BCUT2D eigenvalue weighted by Crippen LogP contribution is -1.87. The molecule has 2 nitrogen and oxygen atoms in total. The summed E-state index contributed by atoms with van der Waals surface area (Å²) >= 11 is 0. The quantitative estimate of drug-likeness (QED) is 0.292. The number of nitrogens with zero attached hydrogens (tertiary/aromatic N) is 1. The molecule has 0 saturated heterocycles. The van der Waals surface area contributed by atoms with Crippen LogP contribution >= 0.6 is 0 Å². The van der Waals surface area contributed by atoms with Crippen LogP contribution in [0.3, 0.4) is 0 Å². The molecule has 0 N–H and O–H groups in total. The van der Waals surface area contributed by atoms with E-state index in [4.69, 9.17) is 9.72 Å². The van der Waals surface area contributed by atoms with Gasteiger partial charge in [0.15, 0.2) is 0 Å². The first-order chi connectivity index (χ1) is 11.8. The van der Waals surface area contributed by atoms with Gasteiger partial charge in [-0.15, -0.1) is 0 Å². The maximum Gasteiger partial charge on any atom is 0.119 e. The molecule has 114 valence electrons. The number of aromatic nitrogens is 1. The summed E-state index contributed by atoms with van der Waals surface area (Å²) in [5, 5.41) is 7.06. The number of methoxy groups -OCH3 is 1. The van der Waals surface area contributed by atoms with Crippen LogP contribution in [0.15, 0.2) is 72.8 Å². The van der Waals surface area contributed by atoms with E-state index in [0.29, 0.717) is 0 Å². The average molecular weight is 309 g/mol. The van der Waals surface area contributed by atoms with E-state index in [9.17, 15) is 0 Å². The Morgan fingerprint density at radius 2 is 1.29 bits per heavy atom. The Labute approximate surface area is 139 Å². The van der Waals surface area contributed by atoms with E-state index in [0.717, 1.165) is 32.9 Å². The van der Waals surface area contributed by atoms with Gasteiger partial charge in [0.1, 0.15) is 5.75 Å². The van der Waals surface area contributed by atoms with Crippen molar-refractivity contribution in [2.75, 3.05) is 7.11 Å². The highest BCUT2D eigenvalue weighted by atomic mass is 16.5. The topological polar surface area (TPSA) is 22.1 Å². The van der Waals surface area contributed by atoms with Crippen LogP contribution in [-0.2, 0) is 0 Å². The first kappa shape index (κ1) is 13.3. The van der Waals surface area contributed by atoms with Crippen LogP contribution in [0.2, 0.25) is 0 Å². The van der Waals surface area contributed by atoms with Gasteiger partial charge in [-0.2, -0.15) is 0 Å². The molecule has 1 heterocycles. The Morgan fingerprint density at radius 3 is 2.08 bits per heavy atom. The van der Waals surface area contributed by atoms with Gasteiger partial charge < -0.3 is 4.74 Å². The Kier molecular flexibility index (Phi) is 2.74. The lowest BCUT2D eigenvalue weighted by atomic mass is 10.0. The Bertz CT molecular complexity index is 1240. The second-order valence-electron chi connectivity index (χ2n) is 6.07. The standard InChI is InChI=1S/C22H15NO/c1-24-18-10-11-20-15(13-18)7-9-17-12-16-8-6-14-4-2-3-5-19(14)21(16)23-22(17)20/h2-13H,1H3. The fourth-order valence-electron chi connectivity index (χ4n) is 3.47. The van der Waals surface area contributed by atoms with E-state index in [1.807, 2.05) is 6.07 Å². The molecule has 0 saturated carbocycles. The zero-order chi connectivity index (χ0) is 16.1. The summed E-state index contributed by atoms with van der Waals surface area (Å²) < 4.78 is 5.34. The highest BCUT2D eigenvalue weighted by Gasteiger charge is 2.07. The molecule has 0 spiro atoms. The second kappa shape index (κ2) is 4.93. The van der Waals surface area contributed by atoms with Crippen molar-refractivity contribution in [1.29, 1.82) is 0 Å². The van der Waals surface area contributed by atoms with Crippen LogP contribution in [-0.4, -0.2) is 12.1 Å². The SMILES string of the molecule is COc1ccc2c(ccc3cc4ccc5ccccc5c4nc32)c1. The van der Waals surface area contributed by atoms with Crippen molar-refractivity contribution < 1.29 is 4.74 Å². The first-order valence-corrected chi connectivity index (χ1v) is 8.02. The number of pyridine rings is 1. The van der Waals surface area contributed by atoms with Gasteiger partial charge in [0, 0.05) is 21.5 Å². The zero-order valence-corrected chi connectivity index (χ0v) is 13.3. The van der Waals surface area contributed by atoms with Gasteiger partial charge >= 0.3 is 0 Å². The maximum atomic E-state index is 5.34. The van der Waals surface area contributed by atoms with Gasteiger partial charge in [-0.1, -0.05) is 48.5 Å². The normalized spacial score (nSPS) is 11.5.